The molecule has 2 fully saturated rings. The van der Waals surface area contributed by atoms with Gasteiger partial charge in [-0.1, -0.05) is 12.8 Å². The van der Waals surface area contributed by atoms with Crippen LogP contribution >= 0.6 is 0 Å². The highest BCUT2D eigenvalue weighted by molar-refractivity contribution is 5.93. The van der Waals surface area contributed by atoms with Crippen molar-refractivity contribution in [1.29, 1.82) is 0 Å². The van der Waals surface area contributed by atoms with Crippen molar-refractivity contribution < 1.29 is 14.3 Å². The van der Waals surface area contributed by atoms with E-state index in [4.69, 9.17) is 4.74 Å². The Morgan fingerprint density at radius 2 is 2.04 bits per heavy atom. The first-order valence-corrected chi connectivity index (χ1v) is 8.87. The lowest BCUT2D eigenvalue weighted by Gasteiger charge is -2.44. The Bertz CT molecular complexity index is 501. The summed E-state index contributed by atoms with van der Waals surface area (Å²) >= 11 is 0. The number of carbonyl (C=O) groups excluding carboxylic acids is 2. The van der Waals surface area contributed by atoms with E-state index in [-0.39, 0.29) is 18.5 Å². The average molecular weight is 321 g/mol. The molecule has 6 heteroatoms. The summed E-state index contributed by atoms with van der Waals surface area (Å²) in [5.41, 5.74) is 1.28. The van der Waals surface area contributed by atoms with Gasteiger partial charge in [0, 0.05) is 18.3 Å². The third-order valence-corrected chi connectivity index (χ3v) is 5.30. The van der Waals surface area contributed by atoms with Gasteiger partial charge in [-0.05, 0) is 45.1 Å². The van der Waals surface area contributed by atoms with Crippen molar-refractivity contribution in [1.82, 2.24) is 15.5 Å². The van der Waals surface area contributed by atoms with Crippen molar-refractivity contribution in [2.24, 2.45) is 5.92 Å². The predicted octanol–water partition coefficient (Wildman–Crippen LogP) is 1.77. The molecule has 6 nitrogen and oxygen atoms in total. The lowest BCUT2D eigenvalue weighted by atomic mass is 9.78. The van der Waals surface area contributed by atoms with Gasteiger partial charge in [-0.15, -0.1) is 0 Å². The molecule has 3 rings (SSSR count). The van der Waals surface area contributed by atoms with Crippen molar-refractivity contribution in [3.63, 3.8) is 0 Å². The van der Waals surface area contributed by atoms with E-state index in [0.717, 1.165) is 18.2 Å². The molecule has 2 N–H and O–H groups in total. The molecule has 0 aromatic heterocycles. The van der Waals surface area contributed by atoms with Crippen molar-refractivity contribution >= 4 is 12.0 Å². The van der Waals surface area contributed by atoms with Gasteiger partial charge in [0.05, 0.1) is 18.7 Å². The van der Waals surface area contributed by atoms with Gasteiger partial charge in [0.15, 0.2) is 0 Å². The Morgan fingerprint density at radius 3 is 2.87 bits per heavy atom. The molecule has 23 heavy (non-hydrogen) atoms. The second kappa shape index (κ2) is 7.34. The van der Waals surface area contributed by atoms with Crippen molar-refractivity contribution in [2.45, 2.75) is 51.5 Å². The normalized spacial score (nSPS) is 28.7. The lowest BCUT2D eigenvalue weighted by molar-refractivity contribution is -0.138. The quantitative estimate of drug-likeness (QED) is 0.774. The first-order chi connectivity index (χ1) is 11.2. The first kappa shape index (κ1) is 16.3. The number of likely N-dealkylation sites (tertiary alicyclic amines) is 1. The van der Waals surface area contributed by atoms with Gasteiger partial charge in [-0.2, -0.15) is 0 Å². The maximum absolute atomic E-state index is 12.1. The van der Waals surface area contributed by atoms with E-state index in [1.165, 1.54) is 38.5 Å². The van der Waals surface area contributed by atoms with E-state index in [2.05, 4.69) is 15.5 Å². The van der Waals surface area contributed by atoms with E-state index in [0.29, 0.717) is 24.8 Å². The van der Waals surface area contributed by atoms with E-state index >= 15 is 0 Å². The fourth-order valence-corrected chi connectivity index (χ4v) is 4.21. The van der Waals surface area contributed by atoms with Crippen LogP contribution in [0.4, 0.5) is 4.79 Å². The van der Waals surface area contributed by atoms with Gasteiger partial charge in [0.1, 0.15) is 0 Å². The fourth-order valence-electron chi connectivity index (χ4n) is 4.21. The monoisotopic (exact) mass is 321 g/mol. The number of fused-ring (bicyclic) bond motifs is 1. The Morgan fingerprint density at radius 1 is 1.26 bits per heavy atom. The number of urea groups is 1. The molecule has 1 aliphatic carbocycles. The second-order valence-corrected chi connectivity index (χ2v) is 6.71. The minimum absolute atomic E-state index is 0.231. The van der Waals surface area contributed by atoms with Crippen LogP contribution in [0.5, 0.6) is 0 Å². The standard InChI is InChI=1S/C17H27N3O3/c1-2-23-16(21)13-10-18-17(22)19-14(13)11-20-9-5-7-12-6-3-4-8-15(12)20/h12,15H,2-11H2,1H3,(H2,18,19,22)/t12-,15-/m0/s1. The zero-order valence-corrected chi connectivity index (χ0v) is 13.9. The van der Waals surface area contributed by atoms with E-state index < -0.39 is 0 Å². The minimum Gasteiger partial charge on any atom is -0.463 e. The number of ether oxygens (including phenoxy) is 1. The minimum atomic E-state index is -0.327. The maximum atomic E-state index is 12.1. The van der Waals surface area contributed by atoms with Crippen LogP contribution in [-0.2, 0) is 9.53 Å². The molecule has 2 amide bonds. The van der Waals surface area contributed by atoms with Gasteiger partial charge in [0.25, 0.3) is 0 Å². The molecule has 0 aromatic rings. The van der Waals surface area contributed by atoms with Crippen LogP contribution in [0.1, 0.15) is 45.4 Å². The van der Waals surface area contributed by atoms with Crippen LogP contribution in [0.15, 0.2) is 11.3 Å². The summed E-state index contributed by atoms with van der Waals surface area (Å²) in [6.07, 6.45) is 7.70. The molecular weight excluding hydrogens is 294 g/mol. The van der Waals surface area contributed by atoms with Crippen LogP contribution in [0.25, 0.3) is 0 Å². The smallest absolute Gasteiger partial charge is 0.337 e. The van der Waals surface area contributed by atoms with Gasteiger partial charge >= 0.3 is 12.0 Å². The van der Waals surface area contributed by atoms with E-state index in [9.17, 15) is 9.59 Å². The number of hydrogen-bond acceptors (Lipinski definition) is 4. The number of rotatable bonds is 4. The molecule has 2 atom stereocenters. The fraction of sp³-hybridized carbons (Fsp3) is 0.765. The highest BCUT2D eigenvalue weighted by Gasteiger charge is 2.35. The topological polar surface area (TPSA) is 70.7 Å². The number of nitrogens with zero attached hydrogens (tertiary/aromatic N) is 1. The predicted molar refractivity (Wildman–Crippen MR) is 86.7 cm³/mol. The van der Waals surface area contributed by atoms with Crippen LogP contribution in [0, 0.1) is 5.92 Å². The van der Waals surface area contributed by atoms with Gasteiger partial charge < -0.3 is 15.4 Å². The zero-order chi connectivity index (χ0) is 16.2. The first-order valence-electron chi connectivity index (χ1n) is 8.87. The summed E-state index contributed by atoms with van der Waals surface area (Å²) < 4.78 is 5.14. The molecule has 128 valence electrons. The van der Waals surface area contributed by atoms with Crippen molar-refractivity contribution in [3.05, 3.63) is 11.3 Å². The second-order valence-electron chi connectivity index (χ2n) is 6.71. The summed E-state index contributed by atoms with van der Waals surface area (Å²) in [6.45, 7) is 4.08. The van der Waals surface area contributed by atoms with Crippen LogP contribution < -0.4 is 10.6 Å². The highest BCUT2D eigenvalue weighted by Crippen LogP contribution is 2.35. The number of esters is 1. The summed E-state index contributed by atoms with van der Waals surface area (Å²) in [7, 11) is 0. The average Bonchev–Trinajstić information content (AvgIpc) is 2.55. The summed E-state index contributed by atoms with van der Waals surface area (Å²) in [4.78, 5) is 26.3. The summed E-state index contributed by atoms with van der Waals surface area (Å²) in [6, 6.07) is 0.366. The van der Waals surface area contributed by atoms with Crippen LogP contribution in [-0.4, -0.2) is 49.2 Å². The Balaban J connectivity index is 1.76. The van der Waals surface area contributed by atoms with Gasteiger partial charge in [0.2, 0.25) is 0 Å². The SMILES string of the molecule is CCOC(=O)C1=C(CN2CCC[C@@H]3CCCC[C@@H]32)NC(=O)NC1. The van der Waals surface area contributed by atoms with Crippen molar-refractivity contribution in [3.8, 4) is 0 Å². The van der Waals surface area contributed by atoms with Gasteiger partial charge in [-0.3, -0.25) is 4.90 Å². The van der Waals surface area contributed by atoms with E-state index in [1.54, 1.807) is 6.92 Å². The third kappa shape index (κ3) is 3.68. The Labute approximate surface area is 137 Å². The number of piperidine rings is 1. The molecule has 0 unspecified atom stereocenters. The molecule has 1 saturated heterocycles. The van der Waals surface area contributed by atoms with Crippen molar-refractivity contribution in [2.75, 3.05) is 26.2 Å². The molecule has 0 radical (unpaired) electrons. The van der Waals surface area contributed by atoms with E-state index in [1.807, 2.05) is 0 Å². The largest absolute Gasteiger partial charge is 0.463 e. The maximum Gasteiger partial charge on any atom is 0.337 e. The lowest BCUT2D eigenvalue weighted by Crippen LogP contribution is -2.51. The summed E-state index contributed by atoms with van der Waals surface area (Å²) in [5.74, 6) is 0.453. The number of hydrogen-bond donors (Lipinski definition) is 2. The summed E-state index contributed by atoms with van der Waals surface area (Å²) in [5, 5.41) is 5.50. The zero-order valence-electron chi connectivity index (χ0n) is 13.9. The number of carbonyl (C=O) groups is 2. The van der Waals surface area contributed by atoms with Gasteiger partial charge in [-0.25, -0.2) is 9.59 Å². The molecule has 2 heterocycles. The Hall–Kier alpha value is -1.56. The molecule has 1 saturated carbocycles. The van der Waals surface area contributed by atoms with Crippen LogP contribution in [0.3, 0.4) is 0 Å². The third-order valence-electron chi connectivity index (χ3n) is 5.30. The molecule has 2 aliphatic heterocycles. The molecule has 0 bridgehead atoms. The molecule has 0 aromatic carbocycles. The highest BCUT2D eigenvalue weighted by atomic mass is 16.5. The van der Waals surface area contributed by atoms with Crippen LogP contribution in [0.2, 0.25) is 0 Å². The Kier molecular flexibility index (Phi) is 5.20. The number of amides is 2. The molecule has 0 spiro atoms. The number of nitrogens with one attached hydrogen (secondary N) is 2. The molecular formula is C17H27N3O3. The molecule has 3 aliphatic rings.